The first-order valence-electron chi connectivity index (χ1n) is 6.70. The molecule has 1 aromatic rings. The second-order valence-electron chi connectivity index (χ2n) is 5.21. The Kier molecular flexibility index (Phi) is 3.79. The molecule has 7 nitrogen and oxygen atoms in total. The molecule has 3 heterocycles. The van der Waals surface area contributed by atoms with Gasteiger partial charge in [-0.05, 0) is 0 Å². The van der Waals surface area contributed by atoms with Crippen molar-refractivity contribution < 1.29 is 14.3 Å². The van der Waals surface area contributed by atoms with Gasteiger partial charge in [0.15, 0.2) is 0 Å². The van der Waals surface area contributed by atoms with Crippen LogP contribution in [0.5, 0.6) is 6.01 Å². The summed E-state index contributed by atoms with van der Waals surface area (Å²) in [5, 5.41) is 3.02. The standard InChI is InChI=1S/C13H18N4O3/c1-19-13-14-2-9(3-15-13)4-17-5-10-7-20-8-11(6-17)16-12(10)18/h2-3,10-11H,4-8H2,1H3,(H,16,18)/t10-,11+/m1/s1. The minimum absolute atomic E-state index is 0.0640. The van der Waals surface area contributed by atoms with Crippen molar-refractivity contribution in [3.05, 3.63) is 18.0 Å². The van der Waals surface area contributed by atoms with Crippen molar-refractivity contribution in [1.29, 1.82) is 0 Å². The quantitative estimate of drug-likeness (QED) is 0.798. The van der Waals surface area contributed by atoms with Crippen molar-refractivity contribution in [2.75, 3.05) is 33.4 Å². The number of nitrogens with zero attached hydrogens (tertiary/aromatic N) is 3. The molecule has 2 aliphatic heterocycles. The molecule has 108 valence electrons. The van der Waals surface area contributed by atoms with Gasteiger partial charge < -0.3 is 14.8 Å². The van der Waals surface area contributed by atoms with Crippen molar-refractivity contribution in [2.45, 2.75) is 12.6 Å². The van der Waals surface area contributed by atoms with Crippen LogP contribution in [-0.2, 0) is 16.1 Å². The highest BCUT2D eigenvalue weighted by atomic mass is 16.5. The fraction of sp³-hybridized carbons (Fsp3) is 0.615. The van der Waals surface area contributed by atoms with E-state index in [1.165, 1.54) is 0 Å². The number of ether oxygens (including phenoxy) is 2. The molecule has 0 aliphatic carbocycles. The highest BCUT2D eigenvalue weighted by Gasteiger charge is 2.33. The van der Waals surface area contributed by atoms with E-state index in [2.05, 4.69) is 20.2 Å². The first-order valence-corrected chi connectivity index (χ1v) is 6.70. The highest BCUT2D eigenvalue weighted by Crippen LogP contribution is 2.16. The summed E-state index contributed by atoms with van der Waals surface area (Å²) < 4.78 is 10.5. The Morgan fingerprint density at radius 1 is 1.40 bits per heavy atom. The monoisotopic (exact) mass is 278 g/mol. The number of fused-ring (bicyclic) bond motifs is 3. The zero-order valence-corrected chi connectivity index (χ0v) is 11.4. The van der Waals surface area contributed by atoms with Crippen LogP contribution in [0.2, 0.25) is 0 Å². The molecule has 0 radical (unpaired) electrons. The Hall–Kier alpha value is -1.73. The third-order valence-electron chi connectivity index (χ3n) is 3.58. The Morgan fingerprint density at radius 3 is 2.95 bits per heavy atom. The van der Waals surface area contributed by atoms with Gasteiger partial charge in [0, 0.05) is 37.6 Å². The van der Waals surface area contributed by atoms with Crippen LogP contribution in [0.1, 0.15) is 5.56 Å². The molecule has 0 unspecified atom stereocenters. The van der Waals surface area contributed by atoms with Crippen LogP contribution in [-0.4, -0.2) is 60.2 Å². The maximum atomic E-state index is 11.9. The van der Waals surface area contributed by atoms with Gasteiger partial charge in [-0.2, -0.15) is 0 Å². The number of nitrogens with one attached hydrogen (secondary N) is 1. The van der Waals surface area contributed by atoms with Crippen LogP contribution in [0.3, 0.4) is 0 Å². The number of amides is 1. The van der Waals surface area contributed by atoms with Crippen LogP contribution in [0, 0.1) is 5.92 Å². The van der Waals surface area contributed by atoms with Gasteiger partial charge in [0.1, 0.15) is 0 Å². The van der Waals surface area contributed by atoms with E-state index in [0.29, 0.717) is 25.8 Å². The molecular formula is C13H18N4O3. The van der Waals surface area contributed by atoms with Crippen LogP contribution >= 0.6 is 0 Å². The first-order chi connectivity index (χ1) is 9.74. The molecule has 2 fully saturated rings. The molecule has 1 N–H and O–H groups in total. The van der Waals surface area contributed by atoms with Crippen LogP contribution in [0.15, 0.2) is 12.4 Å². The molecule has 20 heavy (non-hydrogen) atoms. The van der Waals surface area contributed by atoms with Gasteiger partial charge in [0.25, 0.3) is 0 Å². The molecule has 2 atom stereocenters. The zero-order chi connectivity index (χ0) is 13.9. The molecule has 0 spiro atoms. The van der Waals surface area contributed by atoms with Gasteiger partial charge in [-0.25, -0.2) is 9.97 Å². The van der Waals surface area contributed by atoms with Crippen LogP contribution in [0.4, 0.5) is 0 Å². The lowest BCUT2D eigenvalue weighted by Gasteiger charge is -2.27. The fourth-order valence-corrected chi connectivity index (χ4v) is 2.64. The summed E-state index contributed by atoms with van der Waals surface area (Å²) in [5.74, 6) is 0.00245. The Bertz CT molecular complexity index is 479. The lowest BCUT2D eigenvalue weighted by Crippen LogP contribution is -2.41. The Morgan fingerprint density at radius 2 is 2.20 bits per heavy atom. The Balaban J connectivity index is 1.69. The SMILES string of the molecule is COc1ncc(CN2C[C@H]3COC[C@@H](C2)C(=O)N3)cn1. The first kappa shape index (κ1) is 13.3. The van der Waals surface area contributed by atoms with E-state index < -0.39 is 0 Å². The number of aromatic nitrogens is 2. The highest BCUT2D eigenvalue weighted by molar-refractivity contribution is 5.79. The van der Waals surface area contributed by atoms with E-state index in [9.17, 15) is 4.79 Å². The maximum absolute atomic E-state index is 11.9. The molecule has 7 heteroatoms. The third kappa shape index (κ3) is 2.88. The van der Waals surface area contributed by atoms with E-state index in [-0.39, 0.29) is 17.9 Å². The average molecular weight is 278 g/mol. The van der Waals surface area contributed by atoms with Gasteiger partial charge in [0.2, 0.25) is 5.91 Å². The largest absolute Gasteiger partial charge is 0.467 e. The van der Waals surface area contributed by atoms with Crippen molar-refractivity contribution in [1.82, 2.24) is 20.2 Å². The number of hydrogen-bond acceptors (Lipinski definition) is 6. The van der Waals surface area contributed by atoms with Gasteiger partial charge in [0.05, 0.1) is 32.3 Å². The predicted molar refractivity (Wildman–Crippen MR) is 70.1 cm³/mol. The van der Waals surface area contributed by atoms with Gasteiger partial charge in [-0.15, -0.1) is 0 Å². The third-order valence-corrected chi connectivity index (χ3v) is 3.58. The fourth-order valence-electron chi connectivity index (χ4n) is 2.64. The second-order valence-corrected chi connectivity index (χ2v) is 5.21. The van der Waals surface area contributed by atoms with Gasteiger partial charge in [-0.1, -0.05) is 0 Å². The maximum Gasteiger partial charge on any atom is 0.316 e. The molecule has 2 bridgehead atoms. The average Bonchev–Trinajstić information content (AvgIpc) is 2.68. The smallest absolute Gasteiger partial charge is 0.316 e. The topological polar surface area (TPSA) is 76.6 Å². The normalized spacial score (nSPS) is 26.8. The molecule has 1 amide bonds. The van der Waals surface area contributed by atoms with E-state index >= 15 is 0 Å². The lowest BCUT2D eigenvalue weighted by molar-refractivity contribution is -0.125. The Labute approximate surface area is 117 Å². The summed E-state index contributed by atoms with van der Waals surface area (Å²) in [6.07, 6.45) is 3.52. The van der Waals surface area contributed by atoms with Crippen molar-refractivity contribution in [2.24, 2.45) is 5.92 Å². The summed E-state index contributed by atoms with van der Waals surface area (Å²) in [7, 11) is 1.54. The summed E-state index contributed by atoms with van der Waals surface area (Å²) in [4.78, 5) is 22.4. The van der Waals surface area contributed by atoms with E-state index in [0.717, 1.165) is 18.7 Å². The number of carbonyl (C=O) groups excluding carboxylic acids is 1. The summed E-state index contributed by atoms with van der Waals surface area (Å²) >= 11 is 0. The van der Waals surface area contributed by atoms with Gasteiger partial charge >= 0.3 is 6.01 Å². The van der Waals surface area contributed by atoms with Gasteiger partial charge in [-0.3, -0.25) is 9.69 Å². The number of methoxy groups -OCH3 is 1. The molecule has 3 rings (SSSR count). The van der Waals surface area contributed by atoms with E-state index in [1.807, 2.05) is 0 Å². The molecule has 2 saturated heterocycles. The van der Waals surface area contributed by atoms with Crippen LogP contribution in [0.25, 0.3) is 0 Å². The number of carbonyl (C=O) groups is 1. The van der Waals surface area contributed by atoms with Crippen molar-refractivity contribution in [3.63, 3.8) is 0 Å². The van der Waals surface area contributed by atoms with E-state index in [1.54, 1.807) is 19.5 Å². The van der Waals surface area contributed by atoms with Crippen molar-refractivity contribution in [3.8, 4) is 6.01 Å². The van der Waals surface area contributed by atoms with Crippen molar-refractivity contribution >= 4 is 5.91 Å². The molecule has 0 saturated carbocycles. The minimum atomic E-state index is -0.0957. The second kappa shape index (κ2) is 5.72. The summed E-state index contributed by atoms with van der Waals surface area (Å²) in [6.45, 7) is 3.30. The molecular weight excluding hydrogens is 260 g/mol. The molecule has 2 aliphatic rings. The molecule has 1 aromatic heterocycles. The number of rotatable bonds is 3. The number of hydrogen-bond donors (Lipinski definition) is 1. The predicted octanol–water partition coefficient (Wildman–Crippen LogP) is -0.568. The van der Waals surface area contributed by atoms with E-state index in [4.69, 9.17) is 9.47 Å². The van der Waals surface area contributed by atoms with Crippen LogP contribution < -0.4 is 10.1 Å². The zero-order valence-electron chi connectivity index (χ0n) is 11.4. The molecule has 0 aromatic carbocycles. The summed E-state index contributed by atoms with van der Waals surface area (Å²) in [5.41, 5.74) is 1.01. The minimum Gasteiger partial charge on any atom is -0.467 e. The lowest BCUT2D eigenvalue weighted by atomic mass is 10.1. The summed E-state index contributed by atoms with van der Waals surface area (Å²) in [6, 6.07) is 0.431.